The van der Waals surface area contributed by atoms with Crippen LogP contribution in [0.25, 0.3) is 0 Å². The summed E-state index contributed by atoms with van der Waals surface area (Å²) in [6.45, 7) is 8.97. The first-order valence-corrected chi connectivity index (χ1v) is 6.17. The van der Waals surface area contributed by atoms with E-state index in [1.54, 1.807) is 0 Å². The van der Waals surface area contributed by atoms with Crippen LogP contribution in [0.1, 0.15) is 58.4 Å². The molecule has 0 aliphatic carbocycles. The molecule has 0 amide bonds. The zero-order valence-corrected chi connectivity index (χ0v) is 11.0. The molecule has 0 saturated carbocycles. The van der Waals surface area contributed by atoms with Gasteiger partial charge in [0.1, 0.15) is 6.10 Å². The number of nitrogens with one attached hydrogen (secondary N) is 1. The Morgan fingerprint density at radius 3 is 2.65 bits per heavy atom. The fraction of sp³-hybridized carbons (Fsp3) is 0.833. The van der Waals surface area contributed by atoms with Gasteiger partial charge in [-0.1, -0.05) is 0 Å². The van der Waals surface area contributed by atoms with Crippen molar-refractivity contribution in [3.8, 4) is 0 Å². The van der Waals surface area contributed by atoms with E-state index in [9.17, 15) is 0 Å². The van der Waals surface area contributed by atoms with E-state index in [0.29, 0.717) is 24.4 Å². The van der Waals surface area contributed by atoms with Crippen molar-refractivity contribution >= 4 is 0 Å². The Morgan fingerprint density at radius 2 is 2.06 bits per heavy atom. The summed E-state index contributed by atoms with van der Waals surface area (Å²) in [5, 5.41) is 11.4. The molecule has 0 spiro atoms. The maximum Gasteiger partial charge on any atom is 0.245 e. The summed E-state index contributed by atoms with van der Waals surface area (Å²) in [6.07, 6.45) is 2.31. The molecule has 1 saturated heterocycles. The fourth-order valence-electron chi connectivity index (χ4n) is 1.79. The van der Waals surface area contributed by atoms with Gasteiger partial charge >= 0.3 is 0 Å². The average Bonchev–Trinajstić information content (AvgIpc) is 2.81. The molecule has 96 valence electrons. The number of nitrogens with zero attached hydrogens (tertiary/aromatic N) is 2. The van der Waals surface area contributed by atoms with Crippen molar-refractivity contribution in [3.05, 3.63) is 11.8 Å². The Labute approximate surface area is 102 Å². The summed E-state index contributed by atoms with van der Waals surface area (Å²) >= 11 is 0. The van der Waals surface area contributed by atoms with Crippen LogP contribution in [0.15, 0.2) is 4.42 Å². The molecule has 1 fully saturated rings. The topological polar surface area (TPSA) is 60.2 Å². The monoisotopic (exact) mass is 239 g/mol. The van der Waals surface area contributed by atoms with Crippen LogP contribution in [0, 0.1) is 0 Å². The highest BCUT2D eigenvalue weighted by atomic mass is 16.5. The van der Waals surface area contributed by atoms with Crippen molar-refractivity contribution in [1.29, 1.82) is 0 Å². The standard InChI is InChI=1S/C12H21N3O2/c1-8-5-6-9(16-8)11-15-14-10(17-11)7-13-12(2,3)4/h8-9,13H,5-7H2,1-4H3. The van der Waals surface area contributed by atoms with E-state index in [1.165, 1.54) is 0 Å². The largest absolute Gasteiger partial charge is 0.421 e. The molecule has 2 heterocycles. The van der Waals surface area contributed by atoms with E-state index in [0.717, 1.165) is 12.8 Å². The third-order valence-corrected chi connectivity index (χ3v) is 2.76. The Balaban J connectivity index is 1.92. The van der Waals surface area contributed by atoms with Gasteiger partial charge in [0, 0.05) is 5.54 Å². The molecule has 2 rings (SSSR count). The summed E-state index contributed by atoms with van der Waals surface area (Å²) in [5.74, 6) is 1.23. The van der Waals surface area contributed by atoms with Gasteiger partial charge in [-0.25, -0.2) is 0 Å². The maximum atomic E-state index is 5.69. The second-order valence-corrected chi connectivity index (χ2v) is 5.65. The van der Waals surface area contributed by atoms with Gasteiger partial charge in [0.25, 0.3) is 0 Å². The summed E-state index contributed by atoms with van der Waals surface area (Å²) < 4.78 is 11.3. The van der Waals surface area contributed by atoms with Crippen molar-refractivity contribution in [1.82, 2.24) is 15.5 Å². The van der Waals surface area contributed by atoms with Crippen molar-refractivity contribution in [2.24, 2.45) is 0 Å². The first-order valence-electron chi connectivity index (χ1n) is 6.17. The molecule has 1 aliphatic rings. The van der Waals surface area contributed by atoms with Crippen molar-refractivity contribution in [2.45, 2.75) is 64.8 Å². The van der Waals surface area contributed by atoms with Crippen LogP contribution in [0.3, 0.4) is 0 Å². The lowest BCUT2D eigenvalue weighted by molar-refractivity contribution is 0.0383. The zero-order valence-electron chi connectivity index (χ0n) is 11.0. The minimum Gasteiger partial charge on any atom is -0.421 e. The number of aromatic nitrogens is 2. The predicted octanol–water partition coefficient (Wildman–Crippen LogP) is 2.20. The van der Waals surface area contributed by atoms with Crippen LogP contribution in [0.2, 0.25) is 0 Å². The Hall–Kier alpha value is -0.940. The third-order valence-electron chi connectivity index (χ3n) is 2.76. The lowest BCUT2D eigenvalue weighted by atomic mass is 10.1. The van der Waals surface area contributed by atoms with Crippen LogP contribution >= 0.6 is 0 Å². The second-order valence-electron chi connectivity index (χ2n) is 5.65. The minimum atomic E-state index is -0.0131. The fourth-order valence-corrected chi connectivity index (χ4v) is 1.79. The molecule has 2 unspecified atom stereocenters. The van der Waals surface area contributed by atoms with Crippen molar-refractivity contribution in [3.63, 3.8) is 0 Å². The molecular formula is C12H21N3O2. The highest BCUT2D eigenvalue weighted by molar-refractivity contribution is 4.90. The first-order chi connectivity index (χ1) is 7.94. The Kier molecular flexibility index (Phi) is 3.49. The normalized spacial score (nSPS) is 25.4. The molecule has 1 aliphatic heterocycles. The number of hydrogen-bond donors (Lipinski definition) is 1. The van der Waals surface area contributed by atoms with E-state index in [4.69, 9.17) is 9.15 Å². The molecule has 17 heavy (non-hydrogen) atoms. The lowest BCUT2D eigenvalue weighted by Gasteiger charge is -2.18. The Bertz CT molecular complexity index is 370. The van der Waals surface area contributed by atoms with Gasteiger partial charge in [-0.3, -0.25) is 0 Å². The van der Waals surface area contributed by atoms with Gasteiger partial charge in [0.2, 0.25) is 11.8 Å². The molecule has 1 aromatic rings. The highest BCUT2D eigenvalue weighted by Crippen LogP contribution is 2.31. The quantitative estimate of drug-likeness (QED) is 0.876. The van der Waals surface area contributed by atoms with Gasteiger partial charge in [-0.2, -0.15) is 0 Å². The van der Waals surface area contributed by atoms with Crippen LogP contribution in [-0.2, 0) is 11.3 Å². The molecule has 2 atom stereocenters. The smallest absolute Gasteiger partial charge is 0.245 e. The van der Waals surface area contributed by atoms with E-state index >= 15 is 0 Å². The van der Waals surface area contributed by atoms with Gasteiger partial charge in [-0.05, 0) is 40.5 Å². The number of ether oxygens (including phenoxy) is 1. The summed E-state index contributed by atoms with van der Waals surface area (Å²) in [7, 11) is 0. The van der Waals surface area contributed by atoms with E-state index in [2.05, 4.69) is 43.2 Å². The van der Waals surface area contributed by atoms with E-state index in [-0.39, 0.29) is 11.6 Å². The SMILES string of the molecule is CC1CCC(c2nnc(CNC(C)(C)C)o2)O1. The second kappa shape index (κ2) is 4.74. The van der Waals surface area contributed by atoms with Gasteiger partial charge in [-0.15, -0.1) is 10.2 Å². The predicted molar refractivity (Wildman–Crippen MR) is 63.4 cm³/mol. The van der Waals surface area contributed by atoms with Crippen LogP contribution < -0.4 is 5.32 Å². The lowest BCUT2D eigenvalue weighted by Crippen LogP contribution is -2.35. The van der Waals surface area contributed by atoms with E-state index in [1.807, 2.05) is 0 Å². The first kappa shape index (κ1) is 12.5. The summed E-state index contributed by atoms with van der Waals surface area (Å²) in [4.78, 5) is 0. The van der Waals surface area contributed by atoms with Crippen LogP contribution in [0.5, 0.6) is 0 Å². The number of rotatable bonds is 3. The summed E-state index contributed by atoms with van der Waals surface area (Å²) in [6, 6.07) is 0. The third kappa shape index (κ3) is 3.51. The van der Waals surface area contributed by atoms with Gasteiger partial charge in [0.05, 0.1) is 12.6 Å². The molecule has 1 N–H and O–H groups in total. The molecule has 1 aromatic heterocycles. The molecule has 5 heteroatoms. The molecule has 0 radical (unpaired) electrons. The van der Waals surface area contributed by atoms with Gasteiger partial charge < -0.3 is 14.5 Å². The van der Waals surface area contributed by atoms with Crippen LogP contribution in [0.4, 0.5) is 0 Å². The average molecular weight is 239 g/mol. The minimum absolute atomic E-state index is 0.0131. The van der Waals surface area contributed by atoms with Crippen LogP contribution in [-0.4, -0.2) is 21.8 Å². The molecule has 0 aromatic carbocycles. The summed E-state index contributed by atoms with van der Waals surface area (Å²) in [5.41, 5.74) is 0.0486. The Morgan fingerprint density at radius 1 is 1.29 bits per heavy atom. The number of hydrogen-bond acceptors (Lipinski definition) is 5. The molecular weight excluding hydrogens is 218 g/mol. The van der Waals surface area contributed by atoms with E-state index < -0.39 is 0 Å². The zero-order chi connectivity index (χ0) is 12.5. The van der Waals surface area contributed by atoms with Crippen molar-refractivity contribution < 1.29 is 9.15 Å². The van der Waals surface area contributed by atoms with Crippen molar-refractivity contribution in [2.75, 3.05) is 0 Å². The van der Waals surface area contributed by atoms with Gasteiger partial charge in [0.15, 0.2) is 0 Å². The molecule has 0 bridgehead atoms. The maximum absolute atomic E-state index is 5.69. The molecule has 5 nitrogen and oxygen atoms in total. The highest BCUT2D eigenvalue weighted by Gasteiger charge is 2.28.